The molecule has 4 heteroatoms. The van der Waals surface area contributed by atoms with Crippen LogP contribution in [-0.2, 0) is 4.79 Å². The Morgan fingerprint density at radius 1 is 1.00 bits per heavy atom. The highest BCUT2D eigenvalue weighted by Crippen LogP contribution is 2.22. The number of benzene rings is 2. The molecule has 0 unspecified atom stereocenters. The summed E-state index contributed by atoms with van der Waals surface area (Å²) in [5.41, 5.74) is 4.56. The maximum absolute atomic E-state index is 10.8. The third-order valence-corrected chi connectivity index (χ3v) is 2.88. The fourth-order valence-corrected chi connectivity index (χ4v) is 1.76. The minimum atomic E-state index is -0.554. The van der Waals surface area contributed by atoms with Crippen LogP contribution in [-0.4, -0.2) is 11.1 Å². The number of rotatable bonds is 3. The number of carbonyl (C=O) groups excluding carboxylic acids is 1. The molecule has 2 aromatic rings. The lowest BCUT2D eigenvalue weighted by molar-refractivity contribution is -0.124. The monoisotopic (exact) mass is 273 g/mol. The normalized spacial score (nSPS) is 10.6. The van der Waals surface area contributed by atoms with E-state index < -0.39 is 5.91 Å². The molecule has 0 spiro atoms. The molecule has 0 saturated carbocycles. The number of hydroxylamine groups is 1. The Morgan fingerprint density at radius 3 is 2.05 bits per heavy atom. The Labute approximate surface area is 116 Å². The quantitative estimate of drug-likeness (QED) is 0.511. The first-order valence-corrected chi connectivity index (χ1v) is 6.05. The van der Waals surface area contributed by atoms with Crippen LogP contribution in [0.5, 0.6) is 0 Å². The fraction of sp³-hybridized carbons (Fsp3) is 0. The number of carbonyl (C=O) groups is 1. The zero-order valence-corrected chi connectivity index (χ0v) is 10.8. The van der Waals surface area contributed by atoms with Gasteiger partial charge < -0.3 is 0 Å². The summed E-state index contributed by atoms with van der Waals surface area (Å²) < 4.78 is 0. The van der Waals surface area contributed by atoms with Gasteiger partial charge in [-0.3, -0.25) is 10.0 Å². The summed E-state index contributed by atoms with van der Waals surface area (Å²) in [4.78, 5) is 10.8. The van der Waals surface area contributed by atoms with E-state index in [-0.39, 0.29) is 0 Å². The van der Waals surface area contributed by atoms with Crippen molar-refractivity contribution in [2.45, 2.75) is 0 Å². The zero-order chi connectivity index (χ0) is 13.7. The third kappa shape index (κ3) is 3.68. The lowest BCUT2D eigenvalue weighted by Crippen LogP contribution is -2.14. The van der Waals surface area contributed by atoms with Crippen LogP contribution >= 0.6 is 11.6 Å². The molecule has 0 heterocycles. The summed E-state index contributed by atoms with van der Waals surface area (Å²) in [6.45, 7) is 0. The van der Waals surface area contributed by atoms with Gasteiger partial charge in [0.15, 0.2) is 0 Å². The highest BCUT2D eigenvalue weighted by Gasteiger charge is 1.97. The van der Waals surface area contributed by atoms with Crippen LogP contribution in [0.4, 0.5) is 0 Å². The second-order valence-electron chi connectivity index (χ2n) is 3.94. The van der Waals surface area contributed by atoms with E-state index >= 15 is 0 Å². The predicted octanol–water partition coefficient (Wildman–Crippen LogP) is 3.53. The fourth-order valence-electron chi connectivity index (χ4n) is 1.64. The number of halogens is 1. The Hall–Kier alpha value is -2.10. The van der Waals surface area contributed by atoms with Crippen molar-refractivity contribution in [3.63, 3.8) is 0 Å². The van der Waals surface area contributed by atoms with Crippen molar-refractivity contribution in [1.82, 2.24) is 5.48 Å². The average Bonchev–Trinajstić information content (AvgIpc) is 2.46. The molecule has 96 valence electrons. The molecule has 0 fully saturated rings. The second-order valence-corrected chi connectivity index (χ2v) is 4.37. The molecule has 1 amide bonds. The molecule has 3 nitrogen and oxygen atoms in total. The molecule has 0 saturated heterocycles. The Morgan fingerprint density at radius 2 is 1.53 bits per heavy atom. The number of nitrogens with one attached hydrogen (secondary N) is 1. The Bertz CT molecular complexity index is 589. The summed E-state index contributed by atoms with van der Waals surface area (Å²) in [5, 5.41) is 9.07. The minimum Gasteiger partial charge on any atom is -0.288 e. The Balaban J connectivity index is 2.16. The predicted molar refractivity (Wildman–Crippen MR) is 75.9 cm³/mol. The van der Waals surface area contributed by atoms with Gasteiger partial charge in [0.2, 0.25) is 0 Å². The minimum absolute atomic E-state index is 0.554. The lowest BCUT2D eigenvalue weighted by Gasteiger charge is -2.02. The van der Waals surface area contributed by atoms with Gasteiger partial charge in [-0.1, -0.05) is 48.0 Å². The van der Waals surface area contributed by atoms with Crippen molar-refractivity contribution in [3.8, 4) is 11.1 Å². The molecular formula is C15H12ClNO2. The molecule has 2 rings (SSSR count). The highest BCUT2D eigenvalue weighted by molar-refractivity contribution is 6.30. The molecule has 0 radical (unpaired) electrons. The van der Waals surface area contributed by atoms with Crippen LogP contribution in [0.15, 0.2) is 54.6 Å². The molecule has 0 aliphatic heterocycles. The van der Waals surface area contributed by atoms with Crippen molar-refractivity contribution in [1.29, 1.82) is 0 Å². The van der Waals surface area contributed by atoms with Gasteiger partial charge in [0.1, 0.15) is 0 Å². The molecule has 19 heavy (non-hydrogen) atoms. The first kappa shape index (κ1) is 13.3. The van der Waals surface area contributed by atoms with Crippen molar-refractivity contribution >= 4 is 23.6 Å². The lowest BCUT2D eigenvalue weighted by atomic mass is 10.0. The number of hydrogen-bond acceptors (Lipinski definition) is 2. The Kier molecular flexibility index (Phi) is 4.34. The van der Waals surface area contributed by atoms with Crippen LogP contribution < -0.4 is 5.48 Å². The average molecular weight is 274 g/mol. The summed E-state index contributed by atoms with van der Waals surface area (Å²) in [6.07, 6.45) is 2.88. The van der Waals surface area contributed by atoms with E-state index in [4.69, 9.17) is 16.8 Å². The maximum Gasteiger partial charge on any atom is 0.267 e. The molecule has 2 N–H and O–H groups in total. The SMILES string of the molecule is O=C(C=Cc1ccc(-c2ccc(Cl)cc2)cc1)NO. The molecule has 2 aromatic carbocycles. The van der Waals surface area contributed by atoms with E-state index in [0.717, 1.165) is 16.7 Å². The van der Waals surface area contributed by atoms with Gasteiger partial charge in [-0.15, -0.1) is 0 Å². The van der Waals surface area contributed by atoms with E-state index in [1.165, 1.54) is 11.6 Å². The highest BCUT2D eigenvalue weighted by atomic mass is 35.5. The molecular weight excluding hydrogens is 262 g/mol. The van der Waals surface area contributed by atoms with Gasteiger partial charge >= 0.3 is 0 Å². The molecule has 0 aliphatic carbocycles. The van der Waals surface area contributed by atoms with Crippen LogP contribution in [0.3, 0.4) is 0 Å². The van der Waals surface area contributed by atoms with Crippen LogP contribution in [0, 0.1) is 0 Å². The van der Waals surface area contributed by atoms with Gasteiger partial charge in [0.25, 0.3) is 5.91 Å². The molecule has 0 aromatic heterocycles. The van der Waals surface area contributed by atoms with Crippen molar-refractivity contribution in [2.24, 2.45) is 0 Å². The van der Waals surface area contributed by atoms with E-state index in [9.17, 15) is 4.79 Å². The standard InChI is InChI=1S/C15H12ClNO2/c16-14-8-6-13(7-9-14)12-4-1-11(2-5-12)3-10-15(18)17-19/h1-10,19H,(H,17,18). The number of hydrogen-bond donors (Lipinski definition) is 2. The number of amides is 1. The largest absolute Gasteiger partial charge is 0.288 e. The topological polar surface area (TPSA) is 49.3 Å². The van der Waals surface area contributed by atoms with E-state index in [1.807, 2.05) is 48.5 Å². The first-order chi connectivity index (χ1) is 9.19. The first-order valence-electron chi connectivity index (χ1n) is 5.67. The maximum atomic E-state index is 10.8. The van der Waals surface area contributed by atoms with E-state index in [1.54, 1.807) is 6.08 Å². The van der Waals surface area contributed by atoms with Crippen LogP contribution in [0.1, 0.15) is 5.56 Å². The summed E-state index contributed by atoms with van der Waals surface area (Å²) in [6, 6.07) is 15.3. The molecule has 0 bridgehead atoms. The van der Waals surface area contributed by atoms with Gasteiger partial charge in [-0.05, 0) is 34.9 Å². The summed E-state index contributed by atoms with van der Waals surface area (Å²) in [7, 11) is 0. The third-order valence-electron chi connectivity index (χ3n) is 2.63. The van der Waals surface area contributed by atoms with Crippen molar-refractivity contribution in [3.05, 3.63) is 65.2 Å². The summed E-state index contributed by atoms with van der Waals surface area (Å²) in [5.74, 6) is -0.554. The van der Waals surface area contributed by atoms with Crippen molar-refractivity contribution < 1.29 is 10.0 Å². The second kappa shape index (κ2) is 6.18. The van der Waals surface area contributed by atoms with Gasteiger partial charge in [0.05, 0.1) is 0 Å². The van der Waals surface area contributed by atoms with Crippen LogP contribution in [0.25, 0.3) is 17.2 Å². The zero-order valence-electron chi connectivity index (χ0n) is 10.0. The van der Waals surface area contributed by atoms with Gasteiger partial charge in [0, 0.05) is 11.1 Å². The van der Waals surface area contributed by atoms with Gasteiger partial charge in [-0.2, -0.15) is 0 Å². The smallest absolute Gasteiger partial charge is 0.267 e. The van der Waals surface area contributed by atoms with E-state index in [2.05, 4.69) is 0 Å². The molecule has 0 atom stereocenters. The van der Waals surface area contributed by atoms with Crippen molar-refractivity contribution in [2.75, 3.05) is 0 Å². The van der Waals surface area contributed by atoms with Gasteiger partial charge in [-0.25, -0.2) is 5.48 Å². The summed E-state index contributed by atoms with van der Waals surface area (Å²) >= 11 is 5.84. The molecule has 0 aliphatic rings. The van der Waals surface area contributed by atoms with Crippen LogP contribution in [0.2, 0.25) is 5.02 Å². The van der Waals surface area contributed by atoms with E-state index in [0.29, 0.717) is 5.02 Å².